The first-order valence-corrected chi connectivity index (χ1v) is 5.42. The largest absolute Gasteiger partial charge is 0.383 e. The summed E-state index contributed by atoms with van der Waals surface area (Å²) in [5, 5.41) is 11.9. The van der Waals surface area contributed by atoms with Crippen LogP contribution in [0.15, 0.2) is 0 Å². The van der Waals surface area contributed by atoms with Gasteiger partial charge in [0, 0.05) is 26.7 Å². The molecule has 88 valence electrons. The van der Waals surface area contributed by atoms with E-state index in [1.165, 1.54) is 0 Å². The van der Waals surface area contributed by atoms with Crippen molar-refractivity contribution in [3.8, 4) is 6.07 Å². The molecule has 0 fully saturated rings. The van der Waals surface area contributed by atoms with Crippen LogP contribution in [0.2, 0.25) is 0 Å². The Morgan fingerprint density at radius 2 is 2.07 bits per heavy atom. The van der Waals surface area contributed by atoms with E-state index >= 15 is 0 Å². The van der Waals surface area contributed by atoms with Gasteiger partial charge in [0.25, 0.3) is 0 Å². The minimum absolute atomic E-state index is 0.0967. The minimum atomic E-state index is -0.0967. The molecule has 0 spiro atoms. The van der Waals surface area contributed by atoms with Crippen molar-refractivity contribution in [2.45, 2.75) is 19.9 Å². The van der Waals surface area contributed by atoms with Gasteiger partial charge in [0.15, 0.2) is 0 Å². The number of nitrogens with zero attached hydrogens (tertiary/aromatic N) is 2. The highest BCUT2D eigenvalue weighted by molar-refractivity contribution is 4.91. The lowest BCUT2D eigenvalue weighted by molar-refractivity contribution is 0.137. The summed E-state index contributed by atoms with van der Waals surface area (Å²) in [6.07, 6.45) is 0. The molecule has 0 saturated heterocycles. The zero-order valence-corrected chi connectivity index (χ0v) is 10.3. The molecule has 0 rings (SSSR count). The van der Waals surface area contributed by atoms with Crippen molar-refractivity contribution in [2.24, 2.45) is 5.92 Å². The summed E-state index contributed by atoms with van der Waals surface area (Å²) >= 11 is 0. The van der Waals surface area contributed by atoms with Crippen molar-refractivity contribution in [1.82, 2.24) is 10.2 Å². The molecule has 0 aromatic carbocycles. The number of nitrogens with one attached hydrogen (secondary N) is 1. The van der Waals surface area contributed by atoms with Crippen LogP contribution in [0.5, 0.6) is 0 Å². The molecule has 0 aliphatic rings. The molecule has 1 unspecified atom stereocenters. The minimum Gasteiger partial charge on any atom is -0.383 e. The van der Waals surface area contributed by atoms with Gasteiger partial charge in [0.05, 0.1) is 12.7 Å². The highest BCUT2D eigenvalue weighted by Gasteiger charge is 2.12. The van der Waals surface area contributed by atoms with Crippen molar-refractivity contribution < 1.29 is 4.74 Å². The number of rotatable bonds is 8. The average Bonchev–Trinajstić information content (AvgIpc) is 2.21. The number of likely N-dealkylation sites (N-methyl/N-ethyl adjacent to an activating group) is 1. The second-order valence-electron chi connectivity index (χ2n) is 4.12. The molecule has 4 heteroatoms. The van der Waals surface area contributed by atoms with Gasteiger partial charge in [-0.1, -0.05) is 13.8 Å². The molecule has 0 aromatic rings. The predicted molar refractivity (Wildman–Crippen MR) is 61.6 cm³/mol. The van der Waals surface area contributed by atoms with E-state index in [9.17, 15) is 0 Å². The number of ether oxygens (including phenoxy) is 1. The van der Waals surface area contributed by atoms with Crippen molar-refractivity contribution in [2.75, 3.05) is 40.4 Å². The monoisotopic (exact) mass is 213 g/mol. The standard InChI is InChI=1S/C11H23N3O/c1-10(2)8-14(5-6-15-4)9-11(7-12)13-3/h10-11,13H,5-6,8-9H2,1-4H3. The number of methoxy groups -OCH3 is 1. The summed E-state index contributed by atoms with van der Waals surface area (Å²) in [6, 6.07) is 2.14. The van der Waals surface area contributed by atoms with Crippen molar-refractivity contribution in [3.05, 3.63) is 0 Å². The summed E-state index contributed by atoms with van der Waals surface area (Å²) in [5.74, 6) is 0.609. The quantitative estimate of drug-likeness (QED) is 0.645. The first-order valence-electron chi connectivity index (χ1n) is 5.42. The van der Waals surface area contributed by atoms with E-state index in [1.54, 1.807) is 7.11 Å². The molecule has 0 heterocycles. The van der Waals surface area contributed by atoms with Crippen LogP contribution in [0.3, 0.4) is 0 Å². The summed E-state index contributed by atoms with van der Waals surface area (Å²) in [7, 11) is 3.52. The van der Waals surface area contributed by atoms with Crippen molar-refractivity contribution >= 4 is 0 Å². The van der Waals surface area contributed by atoms with Crippen molar-refractivity contribution in [1.29, 1.82) is 5.26 Å². The second kappa shape index (κ2) is 8.66. The fourth-order valence-electron chi connectivity index (χ4n) is 1.45. The van der Waals surface area contributed by atoms with Gasteiger partial charge >= 0.3 is 0 Å². The fourth-order valence-corrected chi connectivity index (χ4v) is 1.45. The third kappa shape index (κ3) is 7.32. The third-order valence-electron chi connectivity index (χ3n) is 2.18. The first kappa shape index (κ1) is 14.4. The molecule has 4 nitrogen and oxygen atoms in total. The van der Waals surface area contributed by atoms with Crippen LogP contribution in [-0.4, -0.2) is 51.3 Å². The van der Waals surface area contributed by atoms with Crippen LogP contribution in [0.1, 0.15) is 13.8 Å². The summed E-state index contributed by atoms with van der Waals surface area (Å²) in [5.41, 5.74) is 0. The van der Waals surface area contributed by atoms with Gasteiger partial charge in [-0.25, -0.2) is 0 Å². The molecule has 0 saturated carbocycles. The van der Waals surface area contributed by atoms with E-state index in [0.29, 0.717) is 12.5 Å². The van der Waals surface area contributed by atoms with Gasteiger partial charge in [-0.15, -0.1) is 0 Å². The Balaban J connectivity index is 4.04. The SMILES string of the molecule is CNC(C#N)CN(CCOC)CC(C)C. The zero-order chi connectivity index (χ0) is 11.7. The lowest BCUT2D eigenvalue weighted by Crippen LogP contribution is -2.41. The van der Waals surface area contributed by atoms with Crippen LogP contribution in [0.4, 0.5) is 0 Å². The van der Waals surface area contributed by atoms with E-state index in [2.05, 4.69) is 30.1 Å². The van der Waals surface area contributed by atoms with Gasteiger partial charge in [-0.2, -0.15) is 5.26 Å². The van der Waals surface area contributed by atoms with E-state index in [4.69, 9.17) is 10.00 Å². The van der Waals surface area contributed by atoms with Crippen LogP contribution < -0.4 is 5.32 Å². The molecule has 0 aromatic heterocycles. The van der Waals surface area contributed by atoms with E-state index in [1.807, 2.05) is 7.05 Å². The summed E-state index contributed by atoms with van der Waals surface area (Å²) in [4.78, 5) is 2.26. The van der Waals surface area contributed by atoms with Gasteiger partial charge < -0.3 is 10.1 Å². The molecule has 0 radical (unpaired) electrons. The molecular formula is C11H23N3O. The molecule has 0 amide bonds. The number of hydrogen-bond donors (Lipinski definition) is 1. The molecule has 0 bridgehead atoms. The lowest BCUT2D eigenvalue weighted by Gasteiger charge is -2.25. The Kier molecular flexibility index (Phi) is 8.30. The van der Waals surface area contributed by atoms with Crippen LogP contribution >= 0.6 is 0 Å². The molecule has 15 heavy (non-hydrogen) atoms. The average molecular weight is 213 g/mol. The Labute approximate surface area is 93.2 Å². The third-order valence-corrected chi connectivity index (χ3v) is 2.18. The maximum Gasteiger partial charge on any atom is 0.108 e. The predicted octanol–water partition coefficient (Wildman–Crippen LogP) is 0.702. The normalized spacial score (nSPS) is 13.1. The number of hydrogen-bond acceptors (Lipinski definition) is 4. The maximum atomic E-state index is 8.86. The molecule has 0 aliphatic carbocycles. The van der Waals surface area contributed by atoms with Gasteiger partial charge in [-0.3, -0.25) is 4.90 Å². The molecule has 0 aliphatic heterocycles. The maximum absolute atomic E-state index is 8.86. The van der Waals surface area contributed by atoms with Crippen molar-refractivity contribution in [3.63, 3.8) is 0 Å². The highest BCUT2D eigenvalue weighted by atomic mass is 16.5. The van der Waals surface area contributed by atoms with E-state index in [-0.39, 0.29) is 6.04 Å². The van der Waals surface area contributed by atoms with E-state index < -0.39 is 0 Å². The second-order valence-corrected chi connectivity index (χ2v) is 4.12. The van der Waals surface area contributed by atoms with Crippen LogP contribution in [-0.2, 0) is 4.74 Å². The Bertz CT molecular complexity index is 189. The lowest BCUT2D eigenvalue weighted by atomic mass is 10.2. The van der Waals surface area contributed by atoms with Gasteiger partial charge in [0.1, 0.15) is 6.04 Å². The van der Waals surface area contributed by atoms with Crippen LogP contribution in [0.25, 0.3) is 0 Å². The number of nitriles is 1. The summed E-state index contributed by atoms with van der Waals surface area (Å²) < 4.78 is 5.06. The first-order chi connectivity index (χ1) is 7.13. The molecular weight excluding hydrogens is 190 g/mol. The summed E-state index contributed by atoms with van der Waals surface area (Å²) in [6.45, 7) is 7.72. The van der Waals surface area contributed by atoms with Crippen LogP contribution in [0, 0.1) is 17.2 Å². The highest BCUT2D eigenvalue weighted by Crippen LogP contribution is 2.00. The van der Waals surface area contributed by atoms with Gasteiger partial charge in [-0.05, 0) is 13.0 Å². The topological polar surface area (TPSA) is 48.3 Å². The Morgan fingerprint density at radius 1 is 1.40 bits per heavy atom. The molecule has 1 atom stereocenters. The Hall–Kier alpha value is -0.630. The molecule has 1 N–H and O–H groups in total. The zero-order valence-electron chi connectivity index (χ0n) is 10.3. The van der Waals surface area contributed by atoms with Gasteiger partial charge in [0.2, 0.25) is 0 Å². The fraction of sp³-hybridized carbons (Fsp3) is 0.909. The smallest absolute Gasteiger partial charge is 0.108 e. The Morgan fingerprint density at radius 3 is 2.47 bits per heavy atom. The van der Waals surface area contributed by atoms with E-state index in [0.717, 1.165) is 19.6 Å².